The molecule has 0 radical (unpaired) electrons. The van der Waals surface area contributed by atoms with Crippen LogP contribution in [0.15, 0.2) is 54.6 Å². The summed E-state index contributed by atoms with van der Waals surface area (Å²) in [7, 11) is 1.84. The van der Waals surface area contributed by atoms with Crippen LogP contribution in [-0.4, -0.2) is 35.7 Å². The number of hydrogen-bond acceptors (Lipinski definition) is 5. The van der Waals surface area contributed by atoms with Gasteiger partial charge in [-0.05, 0) is 60.2 Å². The summed E-state index contributed by atoms with van der Waals surface area (Å²) >= 11 is 0. The Kier molecular flexibility index (Phi) is 8.39. The third kappa shape index (κ3) is 6.08. The van der Waals surface area contributed by atoms with Gasteiger partial charge in [0.1, 0.15) is 11.9 Å². The maximum absolute atomic E-state index is 11.9. The first-order valence-electron chi connectivity index (χ1n) is 13.2. The number of hydrogen-bond donors (Lipinski definition) is 3. The Morgan fingerprint density at radius 1 is 1.19 bits per heavy atom. The number of para-hydroxylation sites is 1. The smallest absolute Gasteiger partial charge is 0.304 e. The van der Waals surface area contributed by atoms with Crippen molar-refractivity contribution >= 4 is 17.3 Å². The first-order chi connectivity index (χ1) is 17.8. The third-order valence-electron chi connectivity index (χ3n) is 7.48. The molecule has 0 amide bonds. The number of nitrogens with one attached hydrogen (secondary N) is 1. The maximum atomic E-state index is 11.9. The highest BCUT2D eigenvalue weighted by atomic mass is 16.5. The van der Waals surface area contributed by atoms with Gasteiger partial charge in [-0.15, -0.1) is 0 Å². The summed E-state index contributed by atoms with van der Waals surface area (Å²) < 4.78 is 6.38. The van der Waals surface area contributed by atoms with E-state index < -0.39 is 5.97 Å². The first kappa shape index (κ1) is 26.6. The lowest BCUT2D eigenvalue weighted by Crippen LogP contribution is -2.32. The van der Waals surface area contributed by atoms with E-state index in [2.05, 4.69) is 60.5 Å². The first-order valence-corrected chi connectivity index (χ1v) is 13.2. The number of benzene rings is 3. The highest BCUT2D eigenvalue weighted by molar-refractivity contribution is 5.74. The summed E-state index contributed by atoms with van der Waals surface area (Å²) in [6.45, 7) is 8.74. The van der Waals surface area contributed by atoms with Gasteiger partial charge in [0.25, 0.3) is 0 Å². The lowest BCUT2D eigenvalue weighted by Gasteiger charge is -2.26. The fourth-order valence-electron chi connectivity index (χ4n) is 5.39. The predicted octanol–water partition coefficient (Wildman–Crippen LogP) is 6.10. The molecule has 0 bridgehead atoms. The average molecular weight is 502 g/mol. The Hall–Kier alpha value is -3.51. The Morgan fingerprint density at radius 2 is 1.97 bits per heavy atom. The van der Waals surface area contributed by atoms with E-state index >= 15 is 0 Å². The minimum atomic E-state index is -0.827. The van der Waals surface area contributed by atoms with E-state index in [1.54, 1.807) is 0 Å². The molecule has 0 spiro atoms. The van der Waals surface area contributed by atoms with E-state index in [9.17, 15) is 9.90 Å². The minimum Gasteiger partial charge on any atom is -0.489 e. The Bertz CT molecular complexity index is 1260. The molecule has 37 heavy (non-hydrogen) atoms. The van der Waals surface area contributed by atoms with Gasteiger partial charge in [-0.25, -0.2) is 0 Å². The number of anilines is 2. The van der Waals surface area contributed by atoms with Crippen molar-refractivity contribution in [1.29, 1.82) is 0 Å². The molecule has 6 nitrogen and oxygen atoms in total. The van der Waals surface area contributed by atoms with Crippen molar-refractivity contribution in [3.8, 4) is 5.75 Å². The normalized spacial score (nSPS) is 16.4. The van der Waals surface area contributed by atoms with E-state index in [4.69, 9.17) is 10.5 Å². The second kappa shape index (κ2) is 11.7. The van der Waals surface area contributed by atoms with E-state index in [1.165, 1.54) is 16.7 Å². The van der Waals surface area contributed by atoms with Crippen LogP contribution in [0.5, 0.6) is 5.75 Å². The van der Waals surface area contributed by atoms with Crippen LogP contribution in [0, 0.1) is 13.8 Å². The molecule has 3 aromatic carbocycles. The van der Waals surface area contributed by atoms with Gasteiger partial charge in [-0.3, -0.25) is 9.69 Å². The number of fused-ring (bicyclic) bond motifs is 1. The molecule has 2 atom stereocenters. The molecule has 0 saturated carbocycles. The van der Waals surface area contributed by atoms with Crippen molar-refractivity contribution in [2.45, 2.75) is 65.1 Å². The van der Waals surface area contributed by atoms with Gasteiger partial charge in [-0.2, -0.15) is 0 Å². The number of carbonyl (C=O) groups is 1. The van der Waals surface area contributed by atoms with Gasteiger partial charge in [0, 0.05) is 38.2 Å². The van der Waals surface area contributed by atoms with Crippen LogP contribution in [0.2, 0.25) is 0 Å². The highest BCUT2D eigenvalue weighted by Gasteiger charge is 2.25. The summed E-state index contributed by atoms with van der Waals surface area (Å²) in [4.78, 5) is 14.4. The van der Waals surface area contributed by atoms with Gasteiger partial charge >= 0.3 is 5.97 Å². The fourth-order valence-corrected chi connectivity index (χ4v) is 5.39. The quantitative estimate of drug-likeness (QED) is 0.307. The number of ether oxygens (including phenoxy) is 1. The van der Waals surface area contributed by atoms with Crippen LogP contribution >= 0.6 is 0 Å². The van der Waals surface area contributed by atoms with E-state index in [-0.39, 0.29) is 18.4 Å². The maximum Gasteiger partial charge on any atom is 0.304 e. The molecule has 0 aliphatic carbocycles. The van der Waals surface area contributed by atoms with Crippen LogP contribution in [0.4, 0.5) is 11.4 Å². The molecule has 0 aromatic heterocycles. The number of aliphatic carboxylic acids is 1. The molecule has 0 fully saturated rings. The second-order valence-electron chi connectivity index (χ2n) is 10.1. The van der Waals surface area contributed by atoms with Crippen LogP contribution in [0.25, 0.3) is 0 Å². The number of nitrogens with zero attached hydrogens (tertiary/aromatic N) is 1. The number of carboxylic acid groups (broad SMARTS) is 1. The van der Waals surface area contributed by atoms with Crippen molar-refractivity contribution in [2.24, 2.45) is 0 Å². The van der Waals surface area contributed by atoms with Gasteiger partial charge < -0.3 is 20.9 Å². The number of rotatable bonds is 9. The largest absolute Gasteiger partial charge is 0.489 e. The summed E-state index contributed by atoms with van der Waals surface area (Å²) in [5, 5.41) is 12.9. The number of aryl methyl sites for hydroxylation is 1. The van der Waals surface area contributed by atoms with Crippen LogP contribution in [-0.2, 0) is 17.9 Å². The molecule has 2 unspecified atom stereocenters. The van der Waals surface area contributed by atoms with Gasteiger partial charge in [-0.1, -0.05) is 55.8 Å². The molecule has 1 aliphatic rings. The molecule has 4 rings (SSSR count). The molecule has 1 heterocycles. The van der Waals surface area contributed by atoms with Gasteiger partial charge in [0.15, 0.2) is 0 Å². The zero-order valence-corrected chi connectivity index (χ0v) is 22.4. The number of nitrogens with two attached hydrogens (primary N) is 1. The van der Waals surface area contributed by atoms with Crippen molar-refractivity contribution in [3.63, 3.8) is 0 Å². The zero-order valence-electron chi connectivity index (χ0n) is 22.4. The Labute approximate surface area is 220 Å². The molecule has 196 valence electrons. The SMILES string of the molecule is CCCC1CN(Cc2cc(C(CC(=O)O)c3ccc(NC)c(N)c3C)ccc2C)Cc2ccccc2O1. The Morgan fingerprint density at radius 3 is 2.70 bits per heavy atom. The van der Waals surface area contributed by atoms with Crippen molar-refractivity contribution < 1.29 is 14.6 Å². The topological polar surface area (TPSA) is 87.8 Å². The lowest BCUT2D eigenvalue weighted by molar-refractivity contribution is -0.137. The van der Waals surface area contributed by atoms with Crippen LogP contribution < -0.4 is 15.8 Å². The highest BCUT2D eigenvalue weighted by Crippen LogP contribution is 2.36. The van der Waals surface area contributed by atoms with Crippen molar-refractivity contribution in [1.82, 2.24) is 4.90 Å². The molecule has 0 saturated heterocycles. The van der Waals surface area contributed by atoms with Crippen LogP contribution in [0.3, 0.4) is 0 Å². The summed E-state index contributed by atoms with van der Waals surface area (Å²) in [6, 6.07) is 18.6. The van der Waals surface area contributed by atoms with Gasteiger partial charge in [0.05, 0.1) is 17.8 Å². The summed E-state index contributed by atoms with van der Waals surface area (Å²) in [6.07, 6.45) is 2.23. The number of nitrogen functional groups attached to an aromatic ring is 1. The average Bonchev–Trinajstić information content (AvgIpc) is 3.04. The molecular weight excluding hydrogens is 462 g/mol. The molecule has 6 heteroatoms. The Balaban J connectivity index is 1.68. The van der Waals surface area contributed by atoms with E-state index in [1.807, 2.05) is 32.2 Å². The number of carboxylic acids is 1. The van der Waals surface area contributed by atoms with E-state index in [0.717, 1.165) is 60.6 Å². The molecular formula is C31H39N3O3. The summed E-state index contributed by atoms with van der Waals surface area (Å²) in [5.41, 5.74) is 14.4. The van der Waals surface area contributed by atoms with E-state index in [0.29, 0.717) is 5.69 Å². The van der Waals surface area contributed by atoms with Gasteiger partial charge in [0.2, 0.25) is 0 Å². The molecule has 1 aliphatic heterocycles. The summed E-state index contributed by atoms with van der Waals surface area (Å²) in [5.74, 6) is -0.133. The van der Waals surface area contributed by atoms with Crippen molar-refractivity contribution in [2.75, 3.05) is 24.6 Å². The monoisotopic (exact) mass is 501 g/mol. The second-order valence-corrected chi connectivity index (χ2v) is 10.1. The fraction of sp³-hybridized carbons (Fsp3) is 0.387. The predicted molar refractivity (Wildman–Crippen MR) is 150 cm³/mol. The third-order valence-corrected chi connectivity index (χ3v) is 7.48. The zero-order chi connectivity index (χ0) is 26.5. The molecule has 3 aromatic rings. The standard InChI is InChI=1S/C31H39N3O3/c1-5-8-25-19-34(17-23-9-6-7-10-29(23)37-25)18-24-15-22(12-11-20(24)2)27(16-30(35)36)26-13-14-28(33-4)31(32)21(26)3/h6-7,9-15,25,27,33H,5,8,16-19,32H2,1-4H3,(H,35,36). The van der Waals surface area contributed by atoms with Crippen molar-refractivity contribution in [3.05, 3.63) is 88.0 Å². The molecule has 4 N–H and O–H groups in total. The lowest BCUT2D eigenvalue weighted by atomic mass is 9.84. The minimum absolute atomic E-state index is 0.00514. The van der Waals surface area contributed by atoms with Crippen LogP contribution in [0.1, 0.15) is 65.5 Å².